The lowest BCUT2D eigenvalue weighted by Gasteiger charge is -2.13. The molecule has 106 valence electrons. The minimum Gasteiger partial charge on any atom is -0.481 e. The summed E-state index contributed by atoms with van der Waals surface area (Å²) in [4.78, 5) is 17.0. The zero-order valence-corrected chi connectivity index (χ0v) is 12.6. The number of aliphatic carboxylic acids is 1. The summed E-state index contributed by atoms with van der Waals surface area (Å²) >= 11 is 7.69. The number of carbonyl (C=O) groups is 1. The second kappa shape index (κ2) is 6.83. The summed E-state index contributed by atoms with van der Waals surface area (Å²) in [6.45, 7) is 1.14. The Hall–Kier alpha value is -1.43. The third kappa shape index (κ3) is 4.03. The number of carboxylic acid groups (broad SMARTS) is 1. The van der Waals surface area contributed by atoms with E-state index in [0.717, 1.165) is 16.3 Å². The molecule has 1 aromatic carbocycles. The van der Waals surface area contributed by atoms with E-state index in [1.165, 1.54) is 0 Å². The number of benzene rings is 1. The number of aromatic nitrogens is 1. The van der Waals surface area contributed by atoms with Crippen molar-refractivity contribution in [1.29, 1.82) is 0 Å². The fraction of sp³-hybridized carbons (Fsp3) is 0.286. The summed E-state index contributed by atoms with van der Waals surface area (Å²) in [6.07, 6.45) is 0.137. The molecule has 0 amide bonds. The first kappa shape index (κ1) is 15.0. The molecule has 1 N–H and O–H groups in total. The predicted octanol–water partition coefficient (Wildman–Crippen LogP) is 3.37. The van der Waals surface area contributed by atoms with Gasteiger partial charge < -0.3 is 5.11 Å². The van der Waals surface area contributed by atoms with Crippen LogP contribution >= 0.6 is 22.9 Å². The molecule has 0 atom stereocenters. The van der Waals surface area contributed by atoms with Crippen molar-refractivity contribution in [3.63, 3.8) is 0 Å². The summed E-state index contributed by atoms with van der Waals surface area (Å²) in [5, 5.41) is 12.2. The Morgan fingerprint density at radius 2 is 2.20 bits per heavy atom. The van der Waals surface area contributed by atoms with E-state index in [-0.39, 0.29) is 6.42 Å². The standard InChI is InChI=1S/C14H15ClN2O2S/c1-17(7-6-13(18)19)8-10-9-20-14(16-10)11-4-2-3-5-12(11)15/h2-5,9H,6-8H2,1H3,(H,18,19). The fourth-order valence-electron chi connectivity index (χ4n) is 1.78. The molecule has 20 heavy (non-hydrogen) atoms. The maximum absolute atomic E-state index is 10.5. The average Bonchev–Trinajstić information content (AvgIpc) is 2.85. The highest BCUT2D eigenvalue weighted by atomic mass is 35.5. The lowest BCUT2D eigenvalue weighted by Crippen LogP contribution is -2.21. The second-order valence-corrected chi connectivity index (χ2v) is 5.77. The van der Waals surface area contributed by atoms with Gasteiger partial charge >= 0.3 is 5.97 Å². The van der Waals surface area contributed by atoms with Gasteiger partial charge in [-0.25, -0.2) is 4.98 Å². The molecule has 0 spiro atoms. The molecule has 0 saturated carbocycles. The van der Waals surface area contributed by atoms with Crippen LogP contribution in [0.15, 0.2) is 29.6 Å². The van der Waals surface area contributed by atoms with Crippen LogP contribution in [0.2, 0.25) is 5.02 Å². The molecule has 0 radical (unpaired) electrons. The van der Waals surface area contributed by atoms with Gasteiger partial charge in [-0.05, 0) is 13.1 Å². The largest absolute Gasteiger partial charge is 0.481 e. The van der Waals surface area contributed by atoms with E-state index >= 15 is 0 Å². The van der Waals surface area contributed by atoms with Crippen LogP contribution in [0.4, 0.5) is 0 Å². The molecule has 0 aliphatic rings. The molecule has 0 fully saturated rings. The highest BCUT2D eigenvalue weighted by molar-refractivity contribution is 7.13. The Bertz CT molecular complexity index is 600. The number of hydrogen-bond donors (Lipinski definition) is 1. The van der Waals surface area contributed by atoms with E-state index in [1.807, 2.05) is 41.6 Å². The zero-order chi connectivity index (χ0) is 14.5. The van der Waals surface area contributed by atoms with Crippen LogP contribution < -0.4 is 0 Å². The Labute approximate surface area is 126 Å². The van der Waals surface area contributed by atoms with E-state index in [1.54, 1.807) is 11.3 Å². The quantitative estimate of drug-likeness (QED) is 0.889. The first-order valence-electron chi connectivity index (χ1n) is 6.16. The highest BCUT2D eigenvalue weighted by Crippen LogP contribution is 2.30. The normalized spacial score (nSPS) is 10.9. The van der Waals surface area contributed by atoms with Crippen LogP contribution in [0.1, 0.15) is 12.1 Å². The van der Waals surface area contributed by atoms with Crippen molar-refractivity contribution >= 4 is 28.9 Å². The molecule has 6 heteroatoms. The Morgan fingerprint density at radius 1 is 1.45 bits per heavy atom. The number of rotatable bonds is 6. The van der Waals surface area contributed by atoms with Crippen LogP contribution in [-0.2, 0) is 11.3 Å². The van der Waals surface area contributed by atoms with Crippen LogP contribution in [0.3, 0.4) is 0 Å². The van der Waals surface area contributed by atoms with E-state index < -0.39 is 5.97 Å². The molecule has 0 saturated heterocycles. The SMILES string of the molecule is CN(CCC(=O)O)Cc1csc(-c2ccccc2Cl)n1. The summed E-state index contributed by atoms with van der Waals surface area (Å²) in [5.41, 5.74) is 1.86. The van der Waals surface area contributed by atoms with E-state index in [2.05, 4.69) is 4.98 Å². The maximum Gasteiger partial charge on any atom is 0.304 e. The van der Waals surface area contributed by atoms with Crippen molar-refractivity contribution in [1.82, 2.24) is 9.88 Å². The minimum atomic E-state index is -0.785. The average molecular weight is 311 g/mol. The molecule has 4 nitrogen and oxygen atoms in total. The molecule has 0 unspecified atom stereocenters. The molecular formula is C14H15ClN2O2S. The van der Waals surface area contributed by atoms with Crippen molar-refractivity contribution in [3.05, 3.63) is 40.4 Å². The maximum atomic E-state index is 10.5. The Kier molecular flexibility index (Phi) is 5.11. The minimum absolute atomic E-state index is 0.137. The molecular weight excluding hydrogens is 296 g/mol. The summed E-state index contributed by atoms with van der Waals surface area (Å²) < 4.78 is 0. The molecule has 2 aromatic rings. The van der Waals surface area contributed by atoms with Gasteiger partial charge in [0.2, 0.25) is 0 Å². The third-order valence-electron chi connectivity index (χ3n) is 2.80. The number of nitrogens with zero attached hydrogens (tertiary/aromatic N) is 2. The van der Waals surface area contributed by atoms with Crippen molar-refractivity contribution in [3.8, 4) is 10.6 Å². The number of thiazole rings is 1. The summed E-state index contributed by atoms with van der Waals surface area (Å²) in [6, 6.07) is 7.61. The first-order valence-corrected chi connectivity index (χ1v) is 7.41. The zero-order valence-electron chi connectivity index (χ0n) is 11.0. The van der Waals surface area contributed by atoms with Crippen LogP contribution in [0, 0.1) is 0 Å². The fourth-order valence-corrected chi connectivity index (χ4v) is 2.91. The van der Waals surface area contributed by atoms with Gasteiger partial charge in [0, 0.05) is 24.0 Å². The lowest BCUT2D eigenvalue weighted by molar-refractivity contribution is -0.137. The Balaban J connectivity index is 2.02. The molecule has 1 aromatic heterocycles. The van der Waals surface area contributed by atoms with Crippen molar-refractivity contribution in [2.75, 3.05) is 13.6 Å². The van der Waals surface area contributed by atoms with Crippen LogP contribution in [-0.4, -0.2) is 34.6 Å². The van der Waals surface area contributed by atoms with Crippen molar-refractivity contribution in [2.45, 2.75) is 13.0 Å². The summed E-state index contributed by atoms with van der Waals surface area (Å²) in [7, 11) is 1.89. The molecule has 2 rings (SSSR count). The highest BCUT2D eigenvalue weighted by Gasteiger charge is 2.10. The van der Waals surface area contributed by atoms with Gasteiger partial charge in [-0.2, -0.15) is 0 Å². The van der Waals surface area contributed by atoms with E-state index in [9.17, 15) is 4.79 Å². The number of carboxylic acids is 1. The topological polar surface area (TPSA) is 53.4 Å². The van der Waals surface area contributed by atoms with Gasteiger partial charge in [0.1, 0.15) is 5.01 Å². The molecule has 0 aliphatic carbocycles. The van der Waals surface area contributed by atoms with Crippen molar-refractivity contribution in [2.24, 2.45) is 0 Å². The summed E-state index contributed by atoms with van der Waals surface area (Å²) in [5.74, 6) is -0.785. The smallest absolute Gasteiger partial charge is 0.304 e. The van der Waals surface area contributed by atoms with Gasteiger partial charge in [-0.15, -0.1) is 11.3 Å². The van der Waals surface area contributed by atoms with Crippen LogP contribution in [0.25, 0.3) is 10.6 Å². The molecule has 1 heterocycles. The predicted molar refractivity (Wildman–Crippen MR) is 81.1 cm³/mol. The van der Waals surface area contributed by atoms with Gasteiger partial charge in [0.25, 0.3) is 0 Å². The van der Waals surface area contributed by atoms with Crippen molar-refractivity contribution < 1.29 is 9.90 Å². The number of hydrogen-bond acceptors (Lipinski definition) is 4. The second-order valence-electron chi connectivity index (χ2n) is 4.51. The van der Waals surface area contributed by atoms with E-state index in [0.29, 0.717) is 18.1 Å². The van der Waals surface area contributed by atoms with E-state index in [4.69, 9.17) is 16.7 Å². The van der Waals surface area contributed by atoms with Gasteiger partial charge in [-0.3, -0.25) is 9.69 Å². The van der Waals surface area contributed by atoms with Gasteiger partial charge in [0.05, 0.1) is 17.1 Å². The molecule has 0 aliphatic heterocycles. The number of halogens is 1. The van der Waals surface area contributed by atoms with Crippen LogP contribution in [0.5, 0.6) is 0 Å². The third-order valence-corrected chi connectivity index (χ3v) is 4.05. The first-order chi connectivity index (χ1) is 9.56. The molecule has 0 bridgehead atoms. The van der Waals surface area contributed by atoms with Gasteiger partial charge in [0.15, 0.2) is 0 Å². The monoisotopic (exact) mass is 310 g/mol. The Morgan fingerprint density at radius 3 is 2.90 bits per heavy atom. The van der Waals surface area contributed by atoms with Gasteiger partial charge in [-0.1, -0.05) is 29.8 Å². The lowest BCUT2D eigenvalue weighted by atomic mass is 10.2.